The summed E-state index contributed by atoms with van der Waals surface area (Å²) in [6.07, 6.45) is 3.92. The molecule has 24 heavy (non-hydrogen) atoms. The van der Waals surface area contributed by atoms with Crippen molar-refractivity contribution < 1.29 is 4.79 Å². The van der Waals surface area contributed by atoms with Crippen molar-refractivity contribution in [1.82, 2.24) is 25.4 Å². The highest BCUT2D eigenvalue weighted by Gasteiger charge is 2.28. The molecule has 1 aliphatic heterocycles. The van der Waals surface area contributed by atoms with Crippen LogP contribution in [-0.2, 0) is 11.2 Å². The molecular formula is C18H19N5O. The van der Waals surface area contributed by atoms with Crippen LogP contribution in [0.1, 0.15) is 17.3 Å². The van der Waals surface area contributed by atoms with E-state index in [9.17, 15) is 4.79 Å². The zero-order valence-corrected chi connectivity index (χ0v) is 13.3. The molecule has 2 aromatic heterocycles. The number of aromatic amines is 1. The van der Waals surface area contributed by atoms with E-state index in [-0.39, 0.29) is 11.9 Å². The molecule has 4 rings (SSSR count). The number of amides is 1. The highest BCUT2D eigenvalue weighted by atomic mass is 16.2. The number of pyridine rings is 1. The fourth-order valence-electron chi connectivity index (χ4n) is 3.28. The minimum Gasteiger partial charge on any atom is -0.333 e. The standard InChI is InChI=1S/C18H19N5O/c24-18(10-16-14-5-1-2-6-15(14)21-22-16)23-9-8-20-12-17(23)13-4-3-7-19-11-13/h1-7,11,17,20H,8-10,12H2,(H,21,22). The van der Waals surface area contributed by atoms with Crippen LogP contribution in [0.2, 0.25) is 0 Å². The Morgan fingerprint density at radius 1 is 1.25 bits per heavy atom. The second kappa shape index (κ2) is 6.41. The lowest BCUT2D eigenvalue weighted by Crippen LogP contribution is -2.49. The Kier molecular flexibility index (Phi) is 3.96. The molecule has 0 aliphatic carbocycles. The number of hydrogen-bond acceptors (Lipinski definition) is 4. The smallest absolute Gasteiger partial charge is 0.229 e. The molecule has 1 fully saturated rings. The molecule has 0 bridgehead atoms. The molecule has 0 radical (unpaired) electrons. The van der Waals surface area contributed by atoms with Crippen LogP contribution in [-0.4, -0.2) is 45.6 Å². The molecule has 2 N–H and O–H groups in total. The predicted octanol–water partition coefficient (Wildman–Crippen LogP) is 1.67. The third-order valence-corrected chi connectivity index (χ3v) is 4.50. The Balaban J connectivity index is 1.58. The van der Waals surface area contributed by atoms with Gasteiger partial charge in [-0.05, 0) is 17.7 Å². The number of carbonyl (C=O) groups is 1. The van der Waals surface area contributed by atoms with Crippen LogP contribution >= 0.6 is 0 Å². The molecule has 1 aliphatic rings. The zero-order chi connectivity index (χ0) is 16.4. The monoisotopic (exact) mass is 321 g/mol. The molecule has 6 heteroatoms. The van der Waals surface area contributed by atoms with Gasteiger partial charge in [0.1, 0.15) is 0 Å². The minimum atomic E-state index is 0.0223. The maximum absolute atomic E-state index is 12.9. The van der Waals surface area contributed by atoms with E-state index in [1.807, 2.05) is 47.5 Å². The van der Waals surface area contributed by atoms with Crippen LogP contribution < -0.4 is 5.32 Å². The van der Waals surface area contributed by atoms with Gasteiger partial charge in [0, 0.05) is 37.4 Å². The second-order valence-corrected chi connectivity index (χ2v) is 5.99. The summed E-state index contributed by atoms with van der Waals surface area (Å²) in [5, 5.41) is 11.7. The van der Waals surface area contributed by atoms with Gasteiger partial charge in [0.05, 0.1) is 23.7 Å². The van der Waals surface area contributed by atoms with E-state index in [2.05, 4.69) is 20.5 Å². The van der Waals surface area contributed by atoms with Crippen LogP contribution in [0.25, 0.3) is 10.9 Å². The minimum absolute atomic E-state index is 0.0223. The fourth-order valence-corrected chi connectivity index (χ4v) is 3.28. The van der Waals surface area contributed by atoms with E-state index in [1.165, 1.54) is 0 Å². The Labute approximate surface area is 139 Å². The lowest BCUT2D eigenvalue weighted by atomic mass is 10.0. The molecule has 122 valence electrons. The van der Waals surface area contributed by atoms with Crippen molar-refractivity contribution in [2.75, 3.05) is 19.6 Å². The number of H-pyrrole nitrogens is 1. The summed E-state index contributed by atoms with van der Waals surface area (Å²) >= 11 is 0. The van der Waals surface area contributed by atoms with Crippen molar-refractivity contribution in [3.05, 3.63) is 60.0 Å². The van der Waals surface area contributed by atoms with E-state index in [4.69, 9.17) is 0 Å². The maximum Gasteiger partial charge on any atom is 0.229 e. The van der Waals surface area contributed by atoms with Gasteiger partial charge in [0.2, 0.25) is 5.91 Å². The van der Waals surface area contributed by atoms with E-state index < -0.39 is 0 Å². The molecule has 1 saturated heterocycles. The number of para-hydroxylation sites is 1. The average Bonchev–Trinajstić information content (AvgIpc) is 3.05. The zero-order valence-electron chi connectivity index (χ0n) is 13.3. The summed E-state index contributed by atoms with van der Waals surface area (Å²) in [6, 6.07) is 11.8. The summed E-state index contributed by atoms with van der Waals surface area (Å²) in [4.78, 5) is 19.1. The molecule has 3 aromatic rings. The first-order valence-electron chi connectivity index (χ1n) is 8.15. The van der Waals surface area contributed by atoms with Crippen molar-refractivity contribution in [3.8, 4) is 0 Å². The average molecular weight is 321 g/mol. The van der Waals surface area contributed by atoms with Gasteiger partial charge < -0.3 is 10.2 Å². The molecule has 1 amide bonds. The second-order valence-electron chi connectivity index (χ2n) is 5.99. The Hall–Kier alpha value is -2.73. The Bertz CT molecular complexity index is 845. The first-order valence-corrected chi connectivity index (χ1v) is 8.15. The highest BCUT2D eigenvalue weighted by molar-refractivity contribution is 5.87. The van der Waals surface area contributed by atoms with Gasteiger partial charge in [-0.3, -0.25) is 14.9 Å². The van der Waals surface area contributed by atoms with E-state index in [0.717, 1.165) is 35.2 Å². The summed E-state index contributed by atoms with van der Waals surface area (Å²) < 4.78 is 0. The largest absolute Gasteiger partial charge is 0.333 e. The van der Waals surface area contributed by atoms with Crippen molar-refractivity contribution >= 4 is 16.8 Å². The molecule has 0 spiro atoms. The quantitative estimate of drug-likeness (QED) is 0.770. The van der Waals surface area contributed by atoms with Crippen molar-refractivity contribution in [3.63, 3.8) is 0 Å². The number of nitrogens with zero attached hydrogens (tertiary/aromatic N) is 3. The number of piperazine rings is 1. The number of rotatable bonds is 3. The number of nitrogens with one attached hydrogen (secondary N) is 2. The fraction of sp³-hybridized carbons (Fsp3) is 0.278. The molecular weight excluding hydrogens is 302 g/mol. The molecule has 1 aromatic carbocycles. The predicted molar refractivity (Wildman–Crippen MR) is 91.4 cm³/mol. The third kappa shape index (κ3) is 2.76. The lowest BCUT2D eigenvalue weighted by molar-refractivity contribution is -0.133. The van der Waals surface area contributed by atoms with Gasteiger partial charge in [-0.25, -0.2) is 0 Å². The van der Waals surface area contributed by atoms with Crippen molar-refractivity contribution in [1.29, 1.82) is 0 Å². The Morgan fingerprint density at radius 3 is 3.04 bits per heavy atom. The summed E-state index contributed by atoms with van der Waals surface area (Å²) in [6.45, 7) is 2.26. The van der Waals surface area contributed by atoms with Crippen LogP contribution in [0, 0.1) is 0 Å². The molecule has 0 saturated carbocycles. The number of benzene rings is 1. The van der Waals surface area contributed by atoms with Gasteiger partial charge in [-0.1, -0.05) is 24.3 Å². The number of carbonyl (C=O) groups excluding carboxylic acids is 1. The highest BCUT2D eigenvalue weighted by Crippen LogP contribution is 2.23. The Morgan fingerprint density at radius 2 is 2.17 bits per heavy atom. The van der Waals surface area contributed by atoms with Crippen LogP contribution in [0.3, 0.4) is 0 Å². The first-order chi connectivity index (χ1) is 11.8. The third-order valence-electron chi connectivity index (χ3n) is 4.50. The topological polar surface area (TPSA) is 73.9 Å². The van der Waals surface area contributed by atoms with Gasteiger partial charge in [0.15, 0.2) is 0 Å². The summed E-state index contributed by atoms with van der Waals surface area (Å²) in [5.74, 6) is 0.111. The maximum atomic E-state index is 12.9. The van der Waals surface area contributed by atoms with Gasteiger partial charge in [-0.15, -0.1) is 0 Å². The number of hydrogen-bond donors (Lipinski definition) is 2. The van der Waals surface area contributed by atoms with Crippen LogP contribution in [0.15, 0.2) is 48.8 Å². The molecule has 6 nitrogen and oxygen atoms in total. The van der Waals surface area contributed by atoms with Crippen molar-refractivity contribution in [2.24, 2.45) is 0 Å². The van der Waals surface area contributed by atoms with Crippen LogP contribution in [0.5, 0.6) is 0 Å². The molecule has 1 atom stereocenters. The molecule has 1 unspecified atom stereocenters. The van der Waals surface area contributed by atoms with Gasteiger partial charge in [0.25, 0.3) is 0 Å². The van der Waals surface area contributed by atoms with Crippen molar-refractivity contribution in [2.45, 2.75) is 12.5 Å². The summed E-state index contributed by atoms with van der Waals surface area (Å²) in [7, 11) is 0. The van der Waals surface area contributed by atoms with E-state index >= 15 is 0 Å². The van der Waals surface area contributed by atoms with Crippen LogP contribution in [0.4, 0.5) is 0 Å². The summed E-state index contributed by atoms with van der Waals surface area (Å²) in [5.41, 5.74) is 2.83. The first kappa shape index (κ1) is 14.8. The van der Waals surface area contributed by atoms with Gasteiger partial charge >= 0.3 is 0 Å². The SMILES string of the molecule is O=C(Cc1[nH]nc2ccccc12)N1CCNCC1c1cccnc1. The normalized spacial score (nSPS) is 18.0. The van der Waals surface area contributed by atoms with E-state index in [0.29, 0.717) is 13.0 Å². The van der Waals surface area contributed by atoms with Gasteiger partial charge in [-0.2, -0.15) is 5.10 Å². The molecule has 3 heterocycles. The van der Waals surface area contributed by atoms with E-state index in [1.54, 1.807) is 6.20 Å². The number of fused-ring (bicyclic) bond motifs is 1. The number of aromatic nitrogens is 3. The lowest BCUT2D eigenvalue weighted by Gasteiger charge is -2.36.